The van der Waals surface area contributed by atoms with Gasteiger partial charge in [-0.15, -0.1) is 0 Å². The fraction of sp³-hybridized carbons (Fsp3) is 0.643. The zero-order valence-electron chi connectivity index (χ0n) is 13.2. The number of likely N-dealkylation sites (N-methyl/N-ethyl adjacent to an activating group) is 1. The van der Waals surface area contributed by atoms with Crippen molar-refractivity contribution < 1.29 is 4.79 Å². The molecule has 20 heavy (non-hydrogen) atoms. The lowest BCUT2D eigenvalue weighted by Gasteiger charge is -2.22. The minimum absolute atomic E-state index is 0.0505. The van der Waals surface area contributed by atoms with Gasteiger partial charge >= 0.3 is 0 Å². The van der Waals surface area contributed by atoms with Crippen molar-refractivity contribution in [1.29, 1.82) is 0 Å². The first-order valence-electron chi connectivity index (χ1n) is 7.01. The molecule has 0 radical (unpaired) electrons. The van der Waals surface area contributed by atoms with Crippen molar-refractivity contribution in [2.24, 2.45) is 0 Å². The van der Waals surface area contributed by atoms with Gasteiger partial charge in [-0.3, -0.25) is 4.79 Å². The molecule has 0 saturated heterocycles. The van der Waals surface area contributed by atoms with Gasteiger partial charge in [0.25, 0.3) is 0 Å². The maximum absolute atomic E-state index is 12.1. The highest BCUT2D eigenvalue weighted by Crippen LogP contribution is 2.20. The number of nitrogens with zero attached hydrogens (tertiary/aromatic N) is 3. The lowest BCUT2D eigenvalue weighted by atomic mass is 10.2. The third kappa shape index (κ3) is 3.59. The topological polar surface area (TPSA) is 70.2 Å². The van der Waals surface area contributed by atoms with Gasteiger partial charge < -0.3 is 15.5 Å². The first-order valence-corrected chi connectivity index (χ1v) is 7.01. The summed E-state index contributed by atoms with van der Waals surface area (Å²) in [6.07, 6.45) is 0.751. The molecule has 6 heteroatoms. The molecule has 6 nitrogen and oxygen atoms in total. The van der Waals surface area contributed by atoms with Crippen LogP contribution in [-0.2, 0) is 11.2 Å². The highest BCUT2D eigenvalue weighted by atomic mass is 16.2. The first kappa shape index (κ1) is 16.2. The number of hydrogen-bond donors (Lipinski definition) is 2. The van der Waals surface area contributed by atoms with Crippen LogP contribution >= 0.6 is 0 Å². The van der Waals surface area contributed by atoms with Gasteiger partial charge in [0, 0.05) is 32.6 Å². The summed E-state index contributed by atoms with van der Waals surface area (Å²) in [5.74, 6) is 2.31. The molecule has 0 spiro atoms. The Morgan fingerprint density at radius 1 is 1.30 bits per heavy atom. The Morgan fingerprint density at radius 2 is 1.90 bits per heavy atom. The minimum atomic E-state index is -0.317. The summed E-state index contributed by atoms with van der Waals surface area (Å²) in [6, 6.07) is -0.317. The van der Waals surface area contributed by atoms with Gasteiger partial charge in [0.1, 0.15) is 23.5 Å². The van der Waals surface area contributed by atoms with E-state index in [0.29, 0.717) is 12.4 Å². The predicted octanol–water partition coefficient (Wildman–Crippen LogP) is 1.67. The molecule has 0 aliphatic heterocycles. The fourth-order valence-corrected chi connectivity index (χ4v) is 1.86. The number of aryl methyl sites for hydroxylation is 1. The highest BCUT2D eigenvalue weighted by molar-refractivity contribution is 5.84. The van der Waals surface area contributed by atoms with Gasteiger partial charge in [0.15, 0.2) is 0 Å². The van der Waals surface area contributed by atoms with Crippen LogP contribution in [0, 0.1) is 6.92 Å². The number of hydrogen-bond acceptors (Lipinski definition) is 5. The van der Waals surface area contributed by atoms with Gasteiger partial charge in [0.2, 0.25) is 5.91 Å². The van der Waals surface area contributed by atoms with E-state index >= 15 is 0 Å². The van der Waals surface area contributed by atoms with Crippen LogP contribution in [0.25, 0.3) is 0 Å². The minimum Gasteiger partial charge on any atom is -0.373 e. The molecule has 1 heterocycles. The molecule has 0 aromatic carbocycles. The zero-order valence-corrected chi connectivity index (χ0v) is 13.2. The summed E-state index contributed by atoms with van der Waals surface area (Å²) in [4.78, 5) is 22.7. The lowest BCUT2D eigenvalue weighted by molar-refractivity contribution is -0.130. The number of anilines is 2. The van der Waals surface area contributed by atoms with Crippen LogP contribution in [0.1, 0.15) is 32.2 Å². The molecule has 112 valence electrons. The normalized spacial score (nSPS) is 11.9. The average molecular weight is 279 g/mol. The van der Waals surface area contributed by atoms with Crippen molar-refractivity contribution in [1.82, 2.24) is 14.9 Å². The van der Waals surface area contributed by atoms with Crippen LogP contribution in [0.2, 0.25) is 0 Å². The van der Waals surface area contributed by atoms with E-state index < -0.39 is 0 Å². The number of nitrogens with one attached hydrogen (secondary N) is 2. The second kappa shape index (κ2) is 7.07. The molecular weight excluding hydrogens is 254 g/mol. The summed E-state index contributed by atoms with van der Waals surface area (Å²) in [5.41, 5.74) is 0.920. The molecule has 1 aromatic rings. The summed E-state index contributed by atoms with van der Waals surface area (Å²) >= 11 is 0. The highest BCUT2D eigenvalue weighted by Gasteiger charge is 2.18. The summed E-state index contributed by atoms with van der Waals surface area (Å²) < 4.78 is 0. The third-order valence-electron chi connectivity index (χ3n) is 3.32. The second-order valence-corrected chi connectivity index (χ2v) is 4.78. The van der Waals surface area contributed by atoms with E-state index in [2.05, 4.69) is 20.6 Å². The van der Waals surface area contributed by atoms with Crippen LogP contribution < -0.4 is 10.6 Å². The molecule has 1 atom stereocenters. The quantitative estimate of drug-likeness (QED) is 0.829. The molecule has 0 bridgehead atoms. The number of carbonyl (C=O) groups is 1. The molecule has 2 N–H and O–H groups in total. The van der Waals surface area contributed by atoms with Crippen LogP contribution in [-0.4, -0.2) is 47.5 Å². The van der Waals surface area contributed by atoms with E-state index in [9.17, 15) is 4.79 Å². The fourth-order valence-electron chi connectivity index (χ4n) is 1.86. The maximum Gasteiger partial charge on any atom is 0.244 e. The first-order chi connectivity index (χ1) is 9.44. The molecule has 0 aliphatic carbocycles. The van der Waals surface area contributed by atoms with Crippen LogP contribution in [0.3, 0.4) is 0 Å². The molecule has 1 unspecified atom stereocenters. The Kier molecular flexibility index (Phi) is 5.73. The zero-order chi connectivity index (χ0) is 15.3. The van der Waals surface area contributed by atoms with Gasteiger partial charge in [-0.1, -0.05) is 6.92 Å². The summed E-state index contributed by atoms with van der Waals surface area (Å²) in [6.45, 7) is 8.44. The molecule has 0 fully saturated rings. The standard InChI is InChI=1S/C14H25N5O/c1-7-11-17-12(15-5)9(3)13(18-11)16-10(4)14(20)19(6)8-2/h10H,7-8H2,1-6H3,(H2,15,16,17,18). The van der Waals surface area contributed by atoms with Gasteiger partial charge in [0.05, 0.1) is 0 Å². The van der Waals surface area contributed by atoms with Crippen LogP contribution in [0.15, 0.2) is 0 Å². The van der Waals surface area contributed by atoms with Crippen LogP contribution in [0.4, 0.5) is 11.6 Å². The molecule has 0 saturated carbocycles. The molecular formula is C14H25N5O. The Hall–Kier alpha value is -1.85. The van der Waals surface area contributed by atoms with E-state index in [4.69, 9.17) is 0 Å². The molecule has 1 amide bonds. The Balaban J connectivity index is 2.99. The van der Waals surface area contributed by atoms with E-state index in [1.54, 1.807) is 11.9 Å². The van der Waals surface area contributed by atoms with Crippen molar-refractivity contribution in [2.75, 3.05) is 31.3 Å². The van der Waals surface area contributed by atoms with Crippen molar-refractivity contribution >= 4 is 17.5 Å². The molecule has 1 aromatic heterocycles. The number of carbonyl (C=O) groups excluding carboxylic acids is 1. The second-order valence-electron chi connectivity index (χ2n) is 4.78. The summed E-state index contributed by atoms with van der Waals surface area (Å²) in [7, 11) is 3.63. The SMILES string of the molecule is CCc1nc(NC)c(C)c(NC(C)C(=O)N(C)CC)n1. The van der Waals surface area contributed by atoms with Crippen molar-refractivity contribution in [2.45, 2.75) is 40.2 Å². The molecule has 1 rings (SSSR count). The van der Waals surface area contributed by atoms with Crippen LogP contribution in [0.5, 0.6) is 0 Å². The molecule has 0 aliphatic rings. The van der Waals surface area contributed by atoms with Crippen molar-refractivity contribution in [3.63, 3.8) is 0 Å². The smallest absolute Gasteiger partial charge is 0.244 e. The number of amides is 1. The Bertz CT molecular complexity index is 475. The van der Waals surface area contributed by atoms with E-state index in [0.717, 1.165) is 23.6 Å². The summed E-state index contributed by atoms with van der Waals surface area (Å²) in [5, 5.41) is 6.25. The average Bonchev–Trinajstić information content (AvgIpc) is 2.47. The Labute approximate surface area is 121 Å². The van der Waals surface area contributed by atoms with Gasteiger partial charge in [-0.25, -0.2) is 9.97 Å². The number of rotatable bonds is 6. The third-order valence-corrected chi connectivity index (χ3v) is 3.32. The predicted molar refractivity (Wildman–Crippen MR) is 82.1 cm³/mol. The van der Waals surface area contributed by atoms with Crippen molar-refractivity contribution in [3.8, 4) is 0 Å². The van der Waals surface area contributed by atoms with E-state index in [1.807, 2.05) is 34.7 Å². The van der Waals surface area contributed by atoms with E-state index in [-0.39, 0.29) is 11.9 Å². The largest absolute Gasteiger partial charge is 0.373 e. The van der Waals surface area contributed by atoms with Crippen molar-refractivity contribution in [3.05, 3.63) is 11.4 Å². The lowest BCUT2D eigenvalue weighted by Crippen LogP contribution is -2.39. The number of aromatic nitrogens is 2. The van der Waals surface area contributed by atoms with Gasteiger partial charge in [-0.05, 0) is 20.8 Å². The van der Waals surface area contributed by atoms with Gasteiger partial charge in [-0.2, -0.15) is 0 Å². The maximum atomic E-state index is 12.1. The Morgan fingerprint density at radius 3 is 2.40 bits per heavy atom. The monoisotopic (exact) mass is 279 g/mol. The van der Waals surface area contributed by atoms with E-state index in [1.165, 1.54) is 0 Å².